The molecule has 0 bridgehead atoms. The van der Waals surface area contributed by atoms with Gasteiger partial charge in [-0.1, -0.05) is 42.5 Å². The molecule has 2 nitrogen and oxygen atoms in total. The second-order valence-corrected chi connectivity index (χ2v) is 8.61. The maximum absolute atomic E-state index is 14.8. The summed E-state index contributed by atoms with van der Waals surface area (Å²) in [5, 5.41) is 3.98. The van der Waals surface area contributed by atoms with Crippen molar-refractivity contribution in [3.8, 4) is 16.8 Å². The third-order valence-corrected chi connectivity index (χ3v) is 6.66. The van der Waals surface area contributed by atoms with E-state index >= 15 is 0 Å². The predicted molar refractivity (Wildman–Crippen MR) is 135 cm³/mol. The molecule has 0 spiro atoms. The van der Waals surface area contributed by atoms with E-state index in [1.54, 1.807) is 18.2 Å². The fraction of sp³-hybridized carbons (Fsp3) is 0. The second kappa shape index (κ2) is 7.03. The largest absolute Gasteiger partial charge is 0.355 e. The summed E-state index contributed by atoms with van der Waals surface area (Å²) in [5.41, 5.74) is 6.34. The van der Waals surface area contributed by atoms with Crippen LogP contribution in [0, 0.1) is 11.6 Å². The van der Waals surface area contributed by atoms with E-state index in [0.717, 1.165) is 49.4 Å². The molecular weight excluding hydrogens is 426 g/mol. The Morgan fingerprint density at radius 1 is 0.529 bits per heavy atom. The molecule has 34 heavy (non-hydrogen) atoms. The van der Waals surface area contributed by atoms with E-state index in [2.05, 4.69) is 41.4 Å². The summed E-state index contributed by atoms with van der Waals surface area (Å²) in [6.07, 6.45) is 0. The third-order valence-electron chi connectivity index (χ3n) is 6.66. The van der Waals surface area contributed by atoms with Crippen molar-refractivity contribution in [2.45, 2.75) is 0 Å². The van der Waals surface area contributed by atoms with Gasteiger partial charge in [-0.05, 0) is 71.8 Å². The van der Waals surface area contributed by atoms with Gasteiger partial charge in [0.15, 0.2) is 0 Å². The van der Waals surface area contributed by atoms with Crippen molar-refractivity contribution >= 4 is 43.6 Å². The molecule has 0 saturated carbocycles. The summed E-state index contributed by atoms with van der Waals surface area (Å²) >= 11 is 0. The molecule has 0 atom stereocenters. The van der Waals surface area contributed by atoms with Crippen molar-refractivity contribution in [1.82, 2.24) is 9.55 Å². The van der Waals surface area contributed by atoms with Gasteiger partial charge in [0.25, 0.3) is 0 Å². The van der Waals surface area contributed by atoms with Crippen LogP contribution in [0.25, 0.3) is 60.4 Å². The van der Waals surface area contributed by atoms with Gasteiger partial charge in [0.05, 0.1) is 16.7 Å². The Morgan fingerprint density at radius 2 is 1.18 bits per heavy atom. The van der Waals surface area contributed by atoms with Crippen LogP contribution >= 0.6 is 0 Å². The maximum Gasteiger partial charge on any atom is 0.147 e. The number of hydrogen-bond donors (Lipinski definition) is 1. The fourth-order valence-electron chi connectivity index (χ4n) is 5.10. The van der Waals surface area contributed by atoms with Gasteiger partial charge in [0.2, 0.25) is 0 Å². The van der Waals surface area contributed by atoms with Crippen LogP contribution in [0.5, 0.6) is 0 Å². The van der Waals surface area contributed by atoms with Crippen LogP contribution in [0.2, 0.25) is 0 Å². The number of hydrogen-bond acceptors (Lipinski definition) is 0. The molecule has 0 unspecified atom stereocenters. The highest BCUT2D eigenvalue weighted by Gasteiger charge is 2.16. The monoisotopic (exact) mass is 444 g/mol. The van der Waals surface area contributed by atoms with Crippen LogP contribution in [0.1, 0.15) is 0 Å². The summed E-state index contributed by atoms with van der Waals surface area (Å²) in [6.45, 7) is 0. The molecule has 0 aliphatic rings. The first-order valence-electron chi connectivity index (χ1n) is 11.2. The lowest BCUT2D eigenvalue weighted by Gasteiger charge is -2.09. The second-order valence-electron chi connectivity index (χ2n) is 8.61. The van der Waals surface area contributed by atoms with Crippen LogP contribution in [-0.2, 0) is 0 Å². The van der Waals surface area contributed by atoms with E-state index in [4.69, 9.17) is 0 Å². The predicted octanol–water partition coefficient (Wildman–Crippen LogP) is 8.36. The Labute approximate surface area is 193 Å². The summed E-state index contributed by atoms with van der Waals surface area (Å²) in [5.74, 6) is -0.634. The third kappa shape index (κ3) is 2.72. The molecule has 2 aromatic heterocycles. The summed E-state index contributed by atoms with van der Waals surface area (Å²) in [6, 6.07) is 32.1. The van der Waals surface area contributed by atoms with Gasteiger partial charge in [0, 0.05) is 32.6 Å². The van der Waals surface area contributed by atoms with E-state index in [0.29, 0.717) is 5.69 Å². The number of rotatable bonds is 2. The van der Waals surface area contributed by atoms with Gasteiger partial charge in [-0.3, -0.25) is 0 Å². The van der Waals surface area contributed by atoms with E-state index in [1.807, 2.05) is 34.9 Å². The van der Waals surface area contributed by atoms with Gasteiger partial charge in [0.1, 0.15) is 11.6 Å². The van der Waals surface area contributed by atoms with Crippen molar-refractivity contribution in [3.63, 3.8) is 0 Å². The van der Waals surface area contributed by atoms with E-state index < -0.39 is 0 Å². The Hall–Kier alpha value is -4.44. The smallest absolute Gasteiger partial charge is 0.147 e. The Kier molecular flexibility index (Phi) is 3.94. The van der Waals surface area contributed by atoms with Gasteiger partial charge >= 0.3 is 0 Å². The molecule has 162 valence electrons. The van der Waals surface area contributed by atoms with Gasteiger partial charge in [-0.15, -0.1) is 0 Å². The molecule has 4 heteroatoms. The van der Waals surface area contributed by atoms with Crippen molar-refractivity contribution < 1.29 is 8.78 Å². The molecule has 0 aliphatic heterocycles. The molecule has 5 aromatic carbocycles. The molecular formula is C30H18F2N2. The molecule has 2 heterocycles. The van der Waals surface area contributed by atoms with Crippen molar-refractivity contribution in [2.75, 3.05) is 0 Å². The highest BCUT2D eigenvalue weighted by Crippen LogP contribution is 2.37. The lowest BCUT2D eigenvalue weighted by atomic mass is 10.0. The molecule has 0 amide bonds. The fourth-order valence-corrected chi connectivity index (χ4v) is 5.10. The lowest BCUT2D eigenvalue weighted by Crippen LogP contribution is -1.97. The minimum Gasteiger partial charge on any atom is -0.355 e. The van der Waals surface area contributed by atoms with Crippen LogP contribution in [-0.4, -0.2) is 9.55 Å². The van der Waals surface area contributed by atoms with Crippen molar-refractivity contribution in [2.24, 2.45) is 0 Å². The first-order valence-corrected chi connectivity index (χ1v) is 11.2. The molecule has 7 aromatic rings. The molecule has 0 aliphatic carbocycles. The topological polar surface area (TPSA) is 20.7 Å². The lowest BCUT2D eigenvalue weighted by molar-refractivity contribution is 0.621. The van der Waals surface area contributed by atoms with Crippen LogP contribution in [0.4, 0.5) is 8.78 Å². The zero-order valence-electron chi connectivity index (χ0n) is 18.0. The number of H-pyrrole nitrogens is 1. The van der Waals surface area contributed by atoms with Gasteiger partial charge < -0.3 is 9.55 Å². The summed E-state index contributed by atoms with van der Waals surface area (Å²) in [4.78, 5) is 3.46. The average Bonchev–Trinajstić information content (AvgIpc) is 3.39. The molecule has 1 N–H and O–H groups in total. The highest BCUT2D eigenvalue weighted by molar-refractivity contribution is 6.11. The molecule has 0 fully saturated rings. The normalized spacial score (nSPS) is 11.8. The van der Waals surface area contributed by atoms with Crippen LogP contribution in [0.15, 0.2) is 103 Å². The number of nitrogens with one attached hydrogen (secondary N) is 1. The minimum atomic E-state index is -0.320. The Bertz CT molecular complexity index is 1890. The number of halogens is 2. The maximum atomic E-state index is 14.8. The number of nitrogens with zero attached hydrogens (tertiary/aromatic N) is 1. The Morgan fingerprint density at radius 3 is 2.03 bits per heavy atom. The van der Waals surface area contributed by atoms with Gasteiger partial charge in [-0.2, -0.15) is 0 Å². The van der Waals surface area contributed by atoms with Crippen molar-refractivity contribution in [3.05, 3.63) is 115 Å². The number of aromatic amines is 1. The summed E-state index contributed by atoms with van der Waals surface area (Å²) < 4.78 is 30.9. The first-order chi connectivity index (χ1) is 16.7. The number of fused-ring (bicyclic) bond motifs is 6. The highest BCUT2D eigenvalue weighted by atomic mass is 19.1. The van der Waals surface area contributed by atoms with E-state index in [1.165, 1.54) is 23.6 Å². The quantitative estimate of drug-likeness (QED) is 0.277. The molecule has 7 rings (SSSR count). The van der Waals surface area contributed by atoms with Crippen LogP contribution < -0.4 is 0 Å². The van der Waals surface area contributed by atoms with E-state index in [9.17, 15) is 8.78 Å². The van der Waals surface area contributed by atoms with Gasteiger partial charge in [-0.25, -0.2) is 8.78 Å². The summed E-state index contributed by atoms with van der Waals surface area (Å²) in [7, 11) is 0. The number of aromatic nitrogens is 2. The standard InChI is InChI=1S/C30H18F2N2/c31-20-11-14-29-24(17-20)23-16-19(10-13-28(23)34(29)30-8-4-2-6-25(30)32)18-9-12-27-22(15-18)21-5-1-3-7-26(21)33-27/h1-17,33H. The minimum absolute atomic E-state index is 0.314. The Balaban J connectivity index is 1.50. The SMILES string of the molecule is Fc1ccc2c(c1)c1cc(-c3ccc4[nH]c5ccccc5c4c3)ccc1n2-c1ccccc1F. The first kappa shape index (κ1) is 19.1. The number of benzene rings is 5. The zero-order valence-corrected chi connectivity index (χ0v) is 18.0. The average molecular weight is 444 g/mol. The van der Waals surface area contributed by atoms with Crippen LogP contribution in [0.3, 0.4) is 0 Å². The zero-order chi connectivity index (χ0) is 22.8. The van der Waals surface area contributed by atoms with Crippen molar-refractivity contribution in [1.29, 1.82) is 0 Å². The number of para-hydroxylation sites is 2. The van der Waals surface area contributed by atoms with E-state index in [-0.39, 0.29) is 11.6 Å². The molecule has 0 saturated heterocycles. The molecule has 0 radical (unpaired) electrons.